The molecule has 27 heavy (non-hydrogen) atoms. The third-order valence-electron chi connectivity index (χ3n) is 5.03. The minimum absolute atomic E-state index is 0.148. The fourth-order valence-corrected chi connectivity index (χ4v) is 3.77. The number of nitrogens with zero attached hydrogens (tertiary/aromatic N) is 1. The lowest BCUT2D eigenvalue weighted by atomic mass is 9.78. The van der Waals surface area contributed by atoms with Gasteiger partial charge < -0.3 is 15.2 Å². The topological polar surface area (TPSA) is 100 Å². The minimum atomic E-state index is -0.784. The van der Waals surface area contributed by atoms with Crippen molar-refractivity contribution in [3.63, 3.8) is 0 Å². The lowest BCUT2D eigenvalue weighted by molar-refractivity contribution is -0.136. The Morgan fingerprint density at radius 3 is 2.74 bits per heavy atom. The van der Waals surface area contributed by atoms with Crippen LogP contribution in [0.5, 0.6) is 0 Å². The maximum atomic E-state index is 11.9. The Balaban J connectivity index is 1.48. The van der Waals surface area contributed by atoms with Crippen molar-refractivity contribution in [2.75, 3.05) is 5.32 Å². The first kappa shape index (κ1) is 19.1. The predicted octanol–water partition coefficient (Wildman–Crippen LogP) is 3.40. The van der Waals surface area contributed by atoms with Crippen LogP contribution in [0.2, 0.25) is 0 Å². The number of allylic oxidation sites excluding steroid dienone is 2. The summed E-state index contributed by atoms with van der Waals surface area (Å²) < 4.78 is 6.00. The van der Waals surface area contributed by atoms with Crippen molar-refractivity contribution < 1.29 is 19.4 Å². The van der Waals surface area contributed by atoms with Crippen molar-refractivity contribution in [2.45, 2.75) is 44.3 Å². The Kier molecular flexibility index (Phi) is 6.59. The number of urea groups is 1. The monoisotopic (exact) mass is 371 g/mol. The lowest BCUT2D eigenvalue weighted by Gasteiger charge is -2.23. The van der Waals surface area contributed by atoms with Crippen LogP contribution in [-0.4, -0.2) is 35.5 Å². The smallest absolute Gasteiger partial charge is 0.339 e. The summed E-state index contributed by atoms with van der Waals surface area (Å²) in [6.07, 6.45) is 9.67. The van der Waals surface area contributed by atoms with Crippen LogP contribution >= 0.6 is 0 Å². The van der Waals surface area contributed by atoms with E-state index in [-0.39, 0.29) is 30.6 Å². The number of carbonyl (C=O) groups excluding carboxylic acids is 1. The number of carboxylic acids is 1. The van der Waals surface area contributed by atoms with Gasteiger partial charge in [0.05, 0.1) is 12.2 Å². The molecular formula is C20H25N3O4. The normalized spacial score (nSPS) is 26.7. The molecule has 1 aromatic carbocycles. The zero-order valence-corrected chi connectivity index (χ0v) is 15.1. The van der Waals surface area contributed by atoms with Gasteiger partial charge in [-0.3, -0.25) is 4.79 Å². The molecule has 0 aliphatic carbocycles. The van der Waals surface area contributed by atoms with E-state index in [0.29, 0.717) is 18.0 Å². The first-order chi connectivity index (χ1) is 13.1. The molecule has 0 spiro atoms. The number of para-hydroxylation sites is 1. The van der Waals surface area contributed by atoms with Crippen LogP contribution in [0.15, 0.2) is 47.6 Å². The number of fused-ring (bicyclic) bond motifs is 2. The first-order valence-electron chi connectivity index (χ1n) is 9.31. The average Bonchev–Trinajstić information content (AvgIpc) is 3.24. The molecule has 7 heteroatoms. The van der Waals surface area contributed by atoms with E-state index in [1.165, 1.54) is 0 Å². The summed E-state index contributed by atoms with van der Waals surface area (Å²) in [6, 6.07) is 8.80. The van der Waals surface area contributed by atoms with Crippen LogP contribution in [0.1, 0.15) is 32.1 Å². The number of hydrogen-bond acceptors (Lipinski definition) is 4. The van der Waals surface area contributed by atoms with E-state index in [1.807, 2.05) is 30.4 Å². The highest BCUT2D eigenvalue weighted by Gasteiger charge is 2.47. The number of hydrogen-bond donors (Lipinski definition) is 3. The van der Waals surface area contributed by atoms with Gasteiger partial charge >= 0.3 is 12.0 Å². The number of nitrogens with one attached hydrogen (secondary N) is 2. The fourth-order valence-electron chi connectivity index (χ4n) is 3.77. The quantitative estimate of drug-likeness (QED) is 0.370. The molecule has 2 aliphatic heterocycles. The summed E-state index contributed by atoms with van der Waals surface area (Å²) in [5, 5.41) is 15.5. The maximum absolute atomic E-state index is 11.9. The second-order valence-corrected chi connectivity index (χ2v) is 6.88. The van der Waals surface area contributed by atoms with E-state index in [1.54, 1.807) is 18.3 Å². The van der Waals surface area contributed by atoms with E-state index in [2.05, 4.69) is 15.8 Å². The second-order valence-electron chi connectivity index (χ2n) is 6.88. The Labute approximate surface area is 158 Å². The van der Waals surface area contributed by atoms with Gasteiger partial charge in [0, 0.05) is 24.2 Å². The molecule has 2 saturated heterocycles. The summed E-state index contributed by atoms with van der Waals surface area (Å²) in [6.45, 7) is 0. The summed E-state index contributed by atoms with van der Waals surface area (Å²) in [7, 11) is 0. The zero-order chi connectivity index (χ0) is 19.1. The molecule has 0 saturated carbocycles. The molecule has 2 bridgehead atoms. The van der Waals surface area contributed by atoms with Gasteiger partial charge in [-0.15, -0.1) is 0 Å². The van der Waals surface area contributed by atoms with Gasteiger partial charge in [0.1, 0.15) is 0 Å². The number of hydrazone groups is 1. The van der Waals surface area contributed by atoms with Crippen molar-refractivity contribution >= 4 is 23.9 Å². The van der Waals surface area contributed by atoms with Crippen molar-refractivity contribution in [3.8, 4) is 0 Å². The van der Waals surface area contributed by atoms with Gasteiger partial charge in [-0.25, -0.2) is 10.2 Å². The molecule has 2 fully saturated rings. The van der Waals surface area contributed by atoms with E-state index >= 15 is 0 Å². The molecular weight excluding hydrogens is 346 g/mol. The molecule has 2 amide bonds. The van der Waals surface area contributed by atoms with Gasteiger partial charge in [0.2, 0.25) is 0 Å². The molecule has 144 valence electrons. The lowest BCUT2D eigenvalue weighted by Crippen LogP contribution is -2.30. The number of ether oxygens (including phenoxy) is 1. The van der Waals surface area contributed by atoms with Crippen molar-refractivity contribution in [2.24, 2.45) is 16.9 Å². The zero-order valence-electron chi connectivity index (χ0n) is 15.1. The molecule has 4 atom stereocenters. The minimum Gasteiger partial charge on any atom is -0.481 e. The predicted molar refractivity (Wildman–Crippen MR) is 103 cm³/mol. The van der Waals surface area contributed by atoms with Crippen LogP contribution < -0.4 is 10.7 Å². The van der Waals surface area contributed by atoms with Crippen molar-refractivity contribution in [1.82, 2.24) is 5.43 Å². The van der Waals surface area contributed by atoms with E-state index in [9.17, 15) is 9.59 Å². The third-order valence-corrected chi connectivity index (χ3v) is 5.03. The number of rotatable bonds is 8. The van der Waals surface area contributed by atoms with Crippen LogP contribution in [0.3, 0.4) is 0 Å². The van der Waals surface area contributed by atoms with E-state index in [0.717, 1.165) is 19.3 Å². The van der Waals surface area contributed by atoms with E-state index < -0.39 is 5.97 Å². The SMILES string of the molecule is O=C(O)CC/C=C/CC1C2CCC(O2)C1/C=N/NC(=O)Nc1ccccc1. The first-order valence-corrected chi connectivity index (χ1v) is 9.31. The van der Waals surface area contributed by atoms with Crippen molar-refractivity contribution in [1.29, 1.82) is 0 Å². The Morgan fingerprint density at radius 2 is 1.96 bits per heavy atom. The summed E-state index contributed by atoms with van der Waals surface area (Å²) in [5.41, 5.74) is 3.21. The van der Waals surface area contributed by atoms with Crippen LogP contribution in [0, 0.1) is 11.8 Å². The van der Waals surface area contributed by atoms with Gasteiger partial charge in [0.15, 0.2) is 0 Å². The van der Waals surface area contributed by atoms with Gasteiger partial charge in [-0.2, -0.15) is 5.10 Å². The number of carbonyl (C=O) groups is 2. The molecule has 1 aromatic rings. The van der Waals surface area contributed by atoms with Crippen molar-refractivity contribution in [3.05, 3.63) is 42.5 Å². The highest BCUT2D eigenvalue weighted by molar-refractivity contribution is 5.89. The number of amides is 2. The van der Waals surface area contributed by atoms with Gasteiger partial charge in [0.25, 0.3) is 0 Å². The Morgan fingerprint density at radius 1 is 1.19 bits per heavy atom. The van der Waals surface area contributed by atoms with Crippen LogP contribution in [0.4, 0.5) is 10.5 Å². The van der Waals surface area contributed by atoms with Gasteiger partial charge in [-0.05, 0) is 43.7 Å². The number of carboxylic acid groups (broad SMARTS) is 1. The molecule has 2 aliphatic rings. The highest BCUT2D eigenvalue weighted by atomic mass is 16.5. The number of aliphatic carboxylic acids is 1. The molecule has 4 unspecified atom stereocenters. The fraction of sp³-hybridized carbons (Fsp3) is 0.450. The average molecular weight is 371 g/mol. The summed E-state index contributed by atoms with van der Waals surface area (Å²) in [4.78, 5) is 22.5. The molecule has 2 heterocycles. The summed E-state index contributed by atoms with van der Waals surface area (Å²) in [5.74, 6) is -0.315. The molecule has 0 radical (unpaired) electrons. The maximum Gasteiger partial charge on any atom is 0.339 e. The molecule has 7 nitrogen and oxygen atoms in total. The molecule has 3 N–H and O–H groups in total. The number of benzene rings is 1. The molecule has 0 aromatic heterocycles. The second kappa shape index (κ2) is 9.32. The van der Waals surface area contributed by atoms with Gasteiger partial charge in [-0.1, -0.05) is 30.4 Å². The number of anilines is 1. The summed E-state index contributed by atoms with van der Waals surface area (Å²) >= 11 is 0. The molecule has 3 rings (SSSR count). The highest BCUT2D eigenvalue weighted by Crippen LogP contribution is 2.44. The standard InChI is InChI=1S/C20H25N3O4/c24-19(25)10-6-2-5-9-15-16(18-12-11-17(15)27-18)13-21-23-20(26)22-14-7-3-1-4-8-14/h1-5,7-8,13,15-18H,6,9-12H2,(H,24,25)(H2,22,23,26)/b5-2+,21-13+. The van der Waals surface area contributed by atoms with Crippen LogP contribution in [0.25, 0.3) is 0 Å². The van der Waals surface area contributed by atoms with Crippen LogP contribution in [-0.2, 0) is 9.53 Å². The third kappa shape index (κ3) is 5.40. The largest absolute Gasteiger partial charge is 0.481 e. The Bertz CT molecular complexity index is 704. The van der Waals surface area contributed by atoms with E-state index in [4.69, 9.17) is 9.84 Å². The Hall–Kier alpha value is -2.67.